The molecule has 1 aliphatic carbocycles. The maximum Gasteiger partial charge on any atom is 0.198 e. The number of rotatable bonds is 3. The Kier molecular flexibility index (Phi) is 7.03. The van der Waals surface area contributed by atoms with Gasteiger partial charge in [0.05, 0.1) is 16.6 Å². The van der Waals surface area contributed by atoms with E-state index in [1.807, 2.05) is 0 Å². The fourth-order valence-electron chi connectivity index (χ4n) is 10.4. The Morgan fingerprint density at radius 2 is 1.37 bits per heavy atom. The van der Waals surface area contributed by atoms with E-state index in [-0.39, 0.29) is 21.8 Å². The van der Waals surface area contributed by atoms with Gasteiger partial charge in [-0.3, -0.25) is 0 Å². The number of fused-ring (bicyclic) bond motifs is 10. The van der Waals surface area contributed by atoms with E-state index in [1.165, 1.54) is 85.4 Å². The molecule has 3 heterocycles. The first kappa shape index (κ1) is 33.6. The van der Waals surface area contributed by atoms with Crippen molar-refractivity contribution in [1.29, 1.82) is 0 Å². The molecule has 1 fully saturated rings. The van der Waals surface area contributed by atoms with Gasteiger partial charge < -0.3 is 14.6 Å². The summed E-state index contributed by atoms with van der Waals surface area (Å²) in [6.07, 6.45) is 4.89. The summed E-state index contributed by atoms with van der Waals surface area (Å²) in [5.41, 5.74) is 16.7. The Hall–Kier alpha value is -4.96. The Morgan fingerprint density at radius 3 is 2.13 bits per heavy atom. The average molecular weight is 707 g/mol. The minimum absolute atomic E-state index is 0.0367. The van der Waals surface area contributed by atoms with E-state index >= 15 is 0 Å². The first-order valence-electron chi connectivity index (χ1n) is 20.1. The number of hydrogen-bond acceptors (Lipinski definition) is 3. The number of benzene rings is 6. The van der Waals surface area contributed by atoms with Crippen LogP contribution in [0.15, 0.2) is 108 Å². The second-order valence-corrected chi connectivity index (χ2v) is 19.0. The molecular formula is C50H51BN2O. The Labute approximate surface area is 321 Å². The predicted molar refractivity (Wildman–Crippen MR) is 233 cm³/mol. The number of para-hydroxylation sites is 1. The van der Waals surface area contributed by atoms with E-state index < -0.39 is 0 Å². The van der Waals surface area contributed by atoms with E-state index in [4.69, 9.17) is 4.42 Å². The molecule has 2 unspecified atom stereocenters. The zero-order valence-corrected chi connectivity index (χ0v) is 33.2. The largest absolute Gasteiger partial charge is 0.456 e. The molecule has 10 rings (SSSR count). The van der Waals surface area contributed by atoms with Crippen LogP contribution in [0.2, 0.25) is 0 Å². The number of nitrogens with zero attached hydrogens (tertiary/aromatic N) is 1. The van der Waals surface area contributed by atoms with Crippen LogP contribution < -0.4 is 21.1 Å². The third kappa shape index (κ3) is 4.68. The molecule has 0 amide bonds. The highest BCUT2D eigenvalue weighted by Gasteiger charge is 2.60. The van der Waals surface area contributed by atoms with Gasteiger partial charge in [-0.15, -0.1) is 0 Å². The molecule has 4 heteroatoms. The van der Waals surface area contributed by atoms with Crippen molar-refractivity contribution in [3.63, 3.8) is 0 Å². The summed E-state index contributed by atoms with van der Waals surface area (Å²) in [6, 6.07) is 38.7. The van der Waals surface area contributed by atoms with Crippen LogP contribution in [0.25, 0.3) is 43.8 Å². The van der Waals surface area contributed by atoms with Crippen LogP contribution in [0.5, 0.6) is 0 Å². The Morgan fingerprint density at radius 1 is 0.667 bits per heavy atom. The molecule has 0 radical (unpaired) electrons. The maximum atomic E-state index is 6.88. The van der Waals surface area contributed by atoms with Gasteiger partial charge in [0.2, 0.25) is 0 Å². The van der Waals surface area contributed by atoms with Crippen molar-refractivity contribution in [2.45, 2.75) is 103 Å². The summed E-state index contributed by atoms with van der Waals surface area (Å²) >= 11 is 0. The molecule has 0 spiro atoms. The lowest BCUT2D eigenvalue weighted by Gasteiger charge is -2.51. The molecule has 3 nitrogen and oxygen atoms in total. The monoisotopic (exact) mass is 706 g/mol. The second-order valence-electron chi connectivity index (χ2n) is 19.0. The molecule has 2 aliphatic heterocycles. The van der Waals surface area contributed by atoms with Crippen molar-refractivity contribution in [3.8, 4) is 11.1 Å². The van der Waals surface area contributed by atoms with Gasteiger partial charge in [-0.1, -0.05) is 146 Å². The molecular weight excluding hydrogens is 655 g/mol. The van der Waals surface area contributed by atoms with Crippen molar-refractivity contribution >= 4 is 73.7 Å². The first-order chi connectivity index (χ1) is 25.8. The van der Waals surface area contributed by atoms with Gasteiger partial charge in [0, 0.05) is 38.8 Å². The van der Waals surface area contributed by atoms with Crippen molar-refractivity contribution < 1.29 is 4.42 Å². The third-order valence-electron chi connectivity index (χ3n) is 13.7. The van der Waals surface area contributed by atoms with Crippen LogP contribution in [0.1, 0.15) is 97.8 Å². The molecule has 3 aliphatic rings. The van der Waals surface area contributed by atoms with Crippen LogP contribution in [0.4, 0.5) is 22.7 Å². The van der Waals surface area contributed by atoms with Gasteiger partial charge in [-0.05, 0) is 88.0 Å². The quantitative estimate of drug-likeness (QED) is 0.185. The van der Waals surface area contributed by atoms with Crippen molar-refractivity contribution in [2.75, 3.05) is 10.2 Å². The number of nitrogens with one attached hydrogen (secondary N) is 1. The fourth-order valence-corrected chi connectivity index (χ4v) is 10.4. The van der Waals surface area contributed by atoms with E-state index in [9.17, 15) is 0 Å². The molecule has 7 aromatic rings. The maximum absolute atomic E-state index is 6.88. The average Bonchev–Trinajstić information content (AvgIpc) is 3.62. The molecule has 54 heavy (non-hydrogen) atoms. The molecule has 6 aromatic carbocycles. The minimum atomic E-state index is -0.0722. The standard InChI is InChI=1S/C50H51BN2O/c1-47(2,3)31-20-22-33(23-21-31)52-44-34-16-10-9-15-30(34)19-24-35(44)37-29-41-42(36-17-11-12-18-40(36)54-41)46-43(37)51-39-28-32(48(4,5)6)27-38-45(39)53(46)50(8)26-14-13-25-49(38,50)7/h9-12,15-24,27-29,51-52H,13-14,25-26H2,1-8H3. The third-order valence-corrected chi connectivity index (χ3v) is 13.7. The SMILES string of the molecule is CC(C)(C)c1ccc(Nc2c(-c3cc4oc5ccccc5c4c4c3Bc3cc(C(C)(C)C)cc5c3N4C3(C)CCCCC53C)ccc3ccccc23)cc1. The summed E-state index contributed by atoms with van der Waals surface area (Å²) in [5.74, 6) is 0. The van der Waals surface area contributed by atoms with Gasteiger partial charge in [0.1, 0.15) is 11.2 Å². The van der Waals surface area contributed by atoms with Crippen molar-refractivity contribution in [1.82, 2.24) is 0 Å². The molecule has 2 atom stereocenters. The van der Waals surface area contributed by atoms with Gasteiger partial charge >= 0.3 is 0 Å². The van der Waals surface area contributed by atoms with E-state index in [0.29, 0.717) is 0 Å². The van der Waals surface area contributed by atoms with Gasteiger partial charge in [0.25, 0.3) is 0 Å². The van der Waals surface area contributed by atoms with E-state index in [2.05, 4.69) is 169 Å². The lowest BCUT2D eigenvalue weighted by molar-refractivity contribution is 0.195. The molecule has 0 bridgehead atoms. The van der Waals surface area contributed by atoms with Crippen LogP contribution in [-0.2, 0) is 16.2 Å². The summed E-state index contributed by atoms with van der Waals surface area (Å²) in [4.78, 5) is 2.84. The Balaban J connectivity index is 1.29. The molecule has 270 valence electrons. The van der Waals surface area contributed by atoms with Crippen LogP contribution in [0.3, 0.4) is 0 Å². The van der Waals surface area contributed by atoms with Crippen LogP contribution in [-0.4, -0.2) is 12.8 Å². The van der Waals surface area contributed by atoms with Crippen molar-refractivity contribution in [2.24, 2.45) is 0 Å². The summed E-state index contributed by atoms with van der Waals surface area (Å²) in [5, 5.41) is 8.87. The number of hydrogen-bond donors (Lipinski definition) is 1. The normalized spacial score (nSPS) is 20.6. The van der Waals surface area contributed by atoms with E-state index in [0.717, 1.165) is 36.2 Å². The van der Waals surface area contributed by atoms with Crippen LogP contribution >= 0.6 is 0 Å². The Bertz CT molecular complexity index is 2670. The lowest BCUT2D eigenvalue weighted by atomic mass is 9.57. The summed E-state index contributed by atoms with van der Waals surface area (Å²) < 4.78 is 6.88. The van der Waals surface area contributed by atoms with Gasteiger partial charge in [-0.2, -0.15) is 0 Å². The zero-order chi connectivity index (χ0) is 37.4. The first-order valence-corrected chi connectivity index (χ1v) is 20.1. The second kappa shape index (κ2) is 11.3. The molecule has 1 aromatic heterocycles. The predicted octanol–water partition coefficient (Wildman–Crippen LogP) is 12.2. The summed E-state index contributed by atoms with van der Waals surface area (Å²) in [7, 11) is 0.877. The topological polar surface area (TPSA) is 28.4 Å². The summed E-state index contributed by atoms with van der Waals surface area (Å²) in [6.45, 7) is 19.1. The molecule has 1 saturated carbocycles. The van der Waals surface area contributed by atoms with Crippen molar-refractivity contribution in [3.05, 3.63) is 120 Å². The van der Waals surface area contributed by atoms with Gasteiger partial charge in [-0.25, -0.2) is 0 Å². The van der Waals surface area contributed by atoms with Crippen LogP contribution in [0, 0.1) is 0 Å². The molecule has 1 N–H and O–H groups in total. The zero-order valence-electron chi connectivity index (χ0n) is 33.2. The number of anilines is 4. The van der Waals surface area contributed by atoms with E-state index in [1.54, 1.807) is 5.56 Å². The smallest absolute Gasteiger partial charge is 0.198 e. The minimum Gasteiger partial charge on any atom is -0.456 e. The highest BCUT2D eigenvalue weighted by atomic mass is 16.3. The number of furan rings is 1. The lowest BCUT2D eigenvalue weighted by Crippen LogP contribution is -2.57. The highest BCUT2D eigenvalue weighted by molar-refractivity contribution is 6.74. The molecule has 0 saturated heterocycles. The fraction of sp³-hybridized carbons (Fsp3) is 0.320. The highest BCUT2D eigenvalue weighted by Crippen LogP contribution is 2.62. The van der Waals surface area contributed by atoms with Gasteiger partial charge in [0.15, 0.2) is 7.28 Å².